The molecule has 0 radical (unpaired) electrons. The number of thiophene rings is 1. The third-order valence-corrected chi connectivity index (χ3v) is 6.95. The largest absolute Gasteiger partial charge is 0.383 e. The van der Waals surface area contributed by atoms with Crippen molar-refractivity contribution in [2.45, 2.75) is 19.5 Å². The first-order valence-electron chi connectivity index (χ1n) is 11.3. The number of amides is 1. The zero-order valence-corrected chi connectivity index (χ0v) is 20.2. The topological polar surface area (TPSA) is 106 Å². The minimum atomic E-state index is -0.313. The summed E-state index contributed by atoms with van der Waals surface area (Å²) in [5.41, 5.74) is 9.11. The molecule has 0 fully saturated rings. The summed E-state index contributed by atoms with van der Waals surface area (Å²) in [6.07, 6.45) is 3.10. The van der Waals surface area contributed by atoms with E-state index in [9.17, 15) is 9.18 Å². The Labute approximate surface area is 211 Å². The normalized spacial score (nSPS) is 11.8. The molecule has 0 aliphatic carbocycles. The number of benzene rings is 2. The van der Waals surface area contributed by atoms with E-state index in [4.69, 9.17) is 5.73 Å². The van der Waals surface area contributed by atoms with Crippen molar-refractivity contribution >= 4 is 39.8 Å². The number of carbonyl (C=O) groups is 1. The van der Waals surface area contributed by atoms with Crippen molar-refractivity contribution < 1.29 is 9.18 Å². The van der Waals surface area contributed by atoms with Gasteiger partial charge in [0.1, 0.15) is 23.8 Å². The minimum Gasteiger partial charge on any atom is -0.383 e. The lowest BCUT2D eigenvalue weighted by Crippen LogP contribution is -2.27. The number of pyridine rings is 1. The highest BCUT2D eigenvalue weighted by atomic mass is 32.1. The second-order valence-electron chi connectivity index (χ2n) is 8.26. The highest BCUT2D eigenvalue weighted by Crippen LogP contribution is 2.31. The summed E-state index contributed by atoms with van der Waals surface area (Å²) < 4.78 is 13.2. The lowest BCUT2D eigenvalue weighted by Gasteiger charge is -2.16. The zero-order chi connectivity index (χ0) is 25.1. The summed E-state index contributed by atoms with van der Waals surface area (Å²) in [4.78, 5) is 27.8. The van der Waals surface area contributed by atoms with Crippen LogP contribution in [-0.4, -0.2) is 20.9 Å². The van der Waals surface area contributed by atoms with Crippen LogP contribution in [0, 0.1) is 5.82 Å². The van der Waals surface area contributed by atoms with E-state index in [1.165, 1.54) is 18.5 Å². The van der Waals surface area contributed by atoms with Gasteiger partial charge in [-0.1, -0.05) is 18.2 Å². The molecule has 0 saturated carbocycles. The third-order valence-electron chi connectivity index (χ3n) is 5.81. The monoisotopic (exact) mass is 498 g/mol. The molecule has 7 nitrogen and oxygen atoms in total. The lowest BCUT2D eigenvalue weighted by molar-refractivity contribution is 0.0940. The number of hydrogen-bond donors (Lipinski definition) is 3. The molecule has 5 rings (SSSR count). The van der Waals surface area contributed by atoms with Gasteiger partial charge in [-0.15, -0.1) is 11.3 Å². The Hall–Kier alpha value is -4.37. The number of nitrogens with one attached hydrogen (secondary N) is 2. The van der Waals surface area contributed by atoms with E-state index in [0.29, 0.717) is 23.7 Å². The Morgan fingerprint density at radius 1 is 1.06 bits per heavy atom. The molecule has 1 amide bonds. The summed E-state index contributed by atoms with van der Waals surface area (Å²) >= 11 is 1.64. The average Bonchev–Trinajstić information content (AvgIpc) is 3.37. The van der Waals surface area contributed by atoms with Gasteiger partial charge in [-0.3, -0.25) is 4.79 Å². The fraction of sp³-hybridized carbons (Fsp3) is 0.111. The number of rotatable bonds is 7. The molecule has 180 valence electrons. The number of aromatic nitrogens is 3. The minimum absolute atomic E-state index is 0.259. The van der Waals surface area contributed by atoms with Crippen LogP contribution < -0.4 is 16.4 Å². The fourth-order valence-corrected chi connectivity index (χ4v) is 4.81. The van der Waals surface area contributed by atoms with Crippen LogP contribution in [0.15, 0.2) is 79.3 Å². The maximum Gasteiger partial charge on any atom is 0.255 e. The van der Waals surface area contributed by atoms with Gasteiger partial charge in [-0.2, -0.15) is 0 Å². The second-order valence-corrected chi connectivity index (χ2v) is 9.42. The van der Waals surface area contributed by atoms with Gasteiger partial charge in [0.25, 0.3) is 5.91 Å². The standard InChI is InChI=1S/C27H23FN6OS/c1-16(17-4-7-19(28)8-5-17)34-27(35)21-3-2-12-30-26(21)31-14-20-9-11-24(36-20)18-6-10-23-22(13-18)25(29)33-15-32-23/h2-13,15-16H,14H2,1H3,(H,30,31)(H,34,35)(H2,29,32,33). The summed E-state index contributed by atoms with van der Waals surface area (Å²) in [7, 11) is 0. The predicted octanol–water partition coefficient (Wildman–Crippen LogP) is 5.58. The molecule has 1 unspecified atom stereocenters. The van der Waals surface area contributed by atoms with Crippen molar-refractivity contribution in [1.82, 2.24) is 20.3 Å². The molecule has 5 aromatic rings. The van der Waals surface area contributed by atoms with E-state index in [1.807, 2.05) is 31.2 Å². The first-order chi connectivity index (χ1) is 17.5. The maximum atomic E-state index is 13.2. The fourth-order valence-electron chi connectivity index (χ4n) is 3.87. The lowest BCUT2D eigenvalue weighted by atomic mass is 10.1. The molecule has 9 heteroatoms. The molecule has 0 bridgehead atoms. The highest BCUT2D eigenvalue weighted by molar-refractivity contribution is 7.15. The zero-order valence-electron chi connectivity index (χ0n) is 19.4. The van der Waals surface area contributed by atoms with Gasteiger partial charge in [0.15, 0.2) is 0 Å². The highest BCUT2D eigenvalue weighted by Gasteiger charge is 2.16. The van der Waals surface area contributed by atoms with Gasteiger partial charge in [0.05, 0.1) is 23.7 Å². The Bertz CT molecular complexity index is 1540. The average molecular weight is 499 g/mol. The number of halogens is 1. The van der Waals surface area contributed by atoms with Crippen LogP contribution in [0.25, 0.3) is 21.3 Å². The molecule has 0 aliphatic heterocycles. The van der Waals surface area contributed by atoms with Crippen molar-refractivity contribution in [3.05, 3.63) is 101 Å². The molecule has 3 heterocycles. The molecule has 0 aliphatic rings. The van der Waals surface area contributed by atoms with Gasteiger partial charge < -0.3 is 16.4 Å². The molecule has 36 heavy (non-hydrogen) atoms. The molecule has 3 aromatic heterocycles. The Balaban J connectivity index is 1.28. The van der Waals surface area contributed by atoms with Crippen molar-refractivity contribution in [2.24, 2.45) is 0 Å². The Morgan fingerprint density at radius 2 is 1.89 bits per heavy atom. The molecule has 1 atom stereocenters. The molecular formula is C27H23FN6OS. The number of fused-ring (bicyclic) bond motifs is 1. The van der Waals surface area contributed by atoms with E-state index >= 15 is 0 Å². The van der Waals surface area contributed by atoms with Crippen LogP contribution in [0.3, 0.4) is 0 Å². The number of hydrogen-bond acceptors (Lipinski definition) is 7. The summed E-state index contributed by atoms with van der Waals surface area (Å²) in [5.74, 6) is 0.374. The smallest absolute Gasteiger partial charge is 0.255 e. The second kappa shape index (κ2) is 10.1. The molecule has 0 saturated heterocycles. The number of nitrogen functional groups attached to an aromatic ring is 1. The van der Waals surface area contributed by atoms with Gasteiger partial charge in [-0.05, 0) is 66.6 Å². The molecule has 4 N–H and O–H groups in total. The Morgan fingerprint density at radius 3 is 2.72 bits per heavy atom. The predicted molar refractivity (Wildman–Crippen MR) is 141 cm³/mol. The SMILES string of the molecule is CC(NC(=O)c1cccnc1NCc1ccc(-c2ccc3ncnc(N)c3c2)s1)c1ccc(F)cc1. The van der Waals surface area contributed by atoms with Crippen LogP contribution in [0.1, 0.15) is 33.8 Å². The summed E-state index contributed by atoms with van der Waals surface area (Å²) in [6, 6.07) is 19.3. The molecule has 2 aromatic carbocycles. The van der Waals surface area contributed by atoms with Gasteiger partial charge in [0.2, 0.25) is 0 Å². The van der Waals surface area contributed by atoms with E-state index in [1.54, 1.807) is 41.8 Å². The van der Waals surface area contributed by atoms with Crippen molar-refractivity contribution in [1.29, 1.82) is 0 Å². The van der Waals surface area contributed by atoms with Crippen molar-refractivity contribution in [3.63, 3.8) is 0 Å². The van der Waals surface area contributed by atoms with Crippen LogP contribution in [-0.2, 0) is 6.54 Å². The summed E-state index contributed by atoms with van der Waals surface area (Å²) in [6.45, 7) is 2.36. The van der Waals surface area contributed by atoms with Gasteiger partial charge >= 0.3 is 0 Å². The van der Waals surface area contributed by atoms with Crippen LogP contribution in [0.5, 0.6) is 0 Å². The van der Waals surface area contributed by atoms with Crippen LogP contribution >= 0.6 is 11.3 Å². The number of nitrogens with two attached hydrogens (primary N) is 1. The van der Waals surface area contributed by atoms with Gasteiger partial charge in [0, 0.05) is 21.3 Å². The van der Waals surface area contributed by atoms with Crippen LogP contribution in [0.2, 0.25) is 0 Å². The van der Waals surface area contributed by atoms with E-state index in [2.05, 4.69) is 31.7 Å². The van der Waals surface area contributed by atoms with E-state index in [-0.39, 0.29) is 17.8 Å². The third kappa shape index (κ3) is 5.01. The molecule has 0 spiro atoms. The summed E-state index contributed by atoms with van der Waals surface area (Å²) in [5, 5.41) is 7.06. The van der Waals surface area contributed by atoms with Crippen molar-refractivity contribution in [2.75, 3.05) is 11.1 Å². The van der Waals surface area contributed by atoms with Crippen LogP contribution in [0.4, 0.5) is 16.0 Å². The van der Waals surface area contributed by atoms with E-state index < -0.39 is 0 Å². The Kier molecular flexibility index (Phi) is 6.55. The maximum absolute atomic E-state index is 13.2. The molecular weight excluding hydrogens is 475 g/mol. The van der Waals surface area contributed by atoms with E-state index in [0.717, 1.165) is 31.8 Å². The number of nitrogens with zero attached hydrogens (tertiary/aromatic N) is 3. The number of carbonyl (C=O) groups excluding carboxylic acids is 1. The number of anilines is 2. The quantitative estimate of drug-likeness (QED) is 0.271. The van der Waals surface area contributed by atoms with Gasteiger partial charge in [-0.25, -0.2) is 19.3 Å². The first-order valence-corrected chi connectivity index (χ1v) is 12.1. The first kappa shape index (κ1) is 23.4. The van der Waals surface area contributed by atoms with Crippen molar-refractivity contribution in [3.8, 4) is 10.4 Å².